The van der Waals surface area contributed by atoms with Gasteiger partial charge < -0.3 is 10.5 Å². The Hall–Kier alpha value is -0.830. The second kappa shape index (κ2) is 5.31. The van der Waals surface area contributed by atoms with E-state index in [4.69, 9.17) is 10.5 Å². The van der Waals surface area contributed by atoms with Crippen molar-refractivity contribution in [1.29, 1.82) is 0 Å². The number of rotatable bonds is 4. The summed E-state index contributed by atoms with van der Waals surface area (Å²) in [5.41, 5.74) is 4.79. The van der Waals surface area contributed by atoms with E-state index in [1.807, 2.05) is 6.92 Å². The van der Waals surface area contributed by atoms with Gasteiger partial charge in [-0.3, -0.25) is 4.79 Å². The maximum Gasteiger partial charge on any atom is 0.241 e. The topological polar surface area (TPSA) is 52.3 Å². The van der Waals surface area contributed by atoms with Crippen LogP contribution in [-0.4, -0.2) is 19.1 Å². The molecule has 0 saturated heterocycles. The van der Waals surface area contributed by atoms with Gasteiger partial charge in [0.15, 0.2) is 0 Å². The number of carbonyl (C=O) groups excluding carboxylic acids is 1. The fraction of sp³-hybridized carbons (Fsp3) is 0.500. The van der Waals surface area contributed by atoms with Gasteiger partial charge in [-0.25, -0.2) is 0 Å². The van der Waals surface area contributed by atoms with Gasteiger partial charge in [0.1, 0.15) is 0 Å². The van der Waals surface area contributed by atoms with Crippen molar-refractivity contribution in [1.82, 2.24) is 0 Å². The van der Waals surface area contributed by atoms with E-state index in [1.54, 1.807) is 6.08 Å². The number of amides is 1. The van der Waals surface area contributed by atoms with Crippen LogP contribution in [-0.2, 0) is 9.53 Å². The highest BCUT2D eigenvalue weighted by atomic mass is 16.5. The molecule has 0 unspecified atom stereocenters. The van der Waals surface area contributed by atoms with Gasteiger partial charge in [-0.2, -0.15) is 0 Å². The summed E-state index contributed by atoms with van der Waals surface area (Å²) < 4.78 is 4.89. The molecule has 0 saturated carbocycles. The van der Waals surface area contributed by atoms with E-state index in [9.17, 15) is 4.79 Å². The van der Waals surface area contributed by atoms with Gasteiger partial charge in [0, 0.05) is 12.7 Å². The lowest BCUT2D eigenvalue weighted by Gasteiger charge is -1.90. The van der Waals surface area contributed by atoms with Gasteiger partial charge in [0.2, 0.25) is 5.91 Å². The highest BCUT2D eigenvalue weighted by molar-refractivity contribution is 5.85. The summed E-state index contributed by atoms with van der Waals surface area (Å²) >= 11 is 0. The third-order valence-corrected chi connectivity index (χ3v) is 0.700. The molecule has 0 aliphatic carbocycles. The molecule has 2 N–H and O–H groups in total. The molecule has 0 aliphatic rings. The van der Waals surface area contributed by atoms with Crippen molar-refractivity contribution in [3.8, 4) is 0 Å². The number of hydrogen-bond acceptors (Lipinski definition) is 2. The monoisotopic (exact) mass is 129 g/mol. The van der Waals surface area contributed by atoms with Crippen molar-refractivity contribution in [2.24, 2.45) is 5.73 Å². The Morgan fingerprint density at radius 2 is 2.44 bits per heavy atom. The molecular formula is C6H11NO2. The minimum Gasteiger partial charge on any atom is -0.378 e. The van der Waals surface area contributed by atoms with E-state index in [0.29, 0.717) is 13.2 Å². The van der Waals surface area contributed by atoms with Crippen LogP contribution in [0.15, 0.2) is 12.2 Å². The van der Waals surface area contributed by atoms with Gasteiger partial charge in [0.05, 0.1) is 6.61 Å². The molecule has 0 rings (SSSR count). The molecule has 0 fully saturated rings. The van der Waals surface area contributed by atoms with Crippen LogP contribution < -0.4 is 5.73 Å². The van der Waals surface area contributed by atoms with E-state index < -0.39 is 5.91 Å². The molecule has 0 spiro atoms. The van der Waals surface area contributed by atoms with Crippen LogP contribution in [0, 0.1) is 0 Å². The summed E-state index contributed by atoms with van der Waals surface area (Å²) in [4.78, 5) is 10.0. The van der Waals surface area contributed by atoms with Crippen molar-refractivity contribution < 1.29 is 9.53 Å². The van der Waals surface area contributed by atoms with Crippen LogP contribution in [0.1, 0.15) is 6.92 Å². The lowest BCUT2D eigenvalue weighted by molar-refractivity contribution is -0.113. The second-order valence-electron chi connectivity index (χ2n) is 1.46. The quantitative estimate of drug-likeness (QED) is 0.431. The van der Waals surface area contributed by atoms with E-state index in [1.165, 1.54) is 6.08 Å². The molecule has 1 amide bonds. The molecular weight excluding hydrogens is 118 g/mol. The van der Waals surface area contributed by atoms with Crippen molar-refractivity contribution in [2.45, 2.75) is 6.92 Å². The Balaban J connectivity index is 3.15. The van der Waals surface area contributed by atoms with Gasteiger partial charge in [-0.1, -0.05) is 6.08 Å². The molecule has 0 aliphatic heterocycles. The summed E-state index contributed by atoms with van der Waals surface area (Å²) in [6, 6.07) is 0. The zero-order valence-corrected chi connectivity index (χ0v) is 5.46. The van der Waals surface area contributed by atoms with Crippen molar-refractivity contribution in [3.63, 3.8) is 0 Å². The molecule has 0 radical (unpaired) electrons. The zero-order valence-electron chi connectivity index (χ0n) is 5.46. The average molecular weight is 129 g/mol. The molecule has 0 atom stereocenters. The third kappa shape index (κ3) is 7.17. The predicted molar refractivity (Wildman–Crippen MR) is 34.8 cm³/mol. The minimum atomic E-state index is -0.435. The van der Waals surface area contributed by atoms with Crippen LogP contribution in [0.4, 0.5) is 0 Å². The molecule has 0 aromatic carbocycles. The Bertz CT molecular complexity index is 110. The molecule has 3 heteroatoms. The summed E-state index contributed by atoms with van der Waals surface area (Å²) in [7, 11) is 0. The predicted octanol–water partition coefficient (Wildman–Crippen LogP) is 0.0644. The van der Waals surface area contributed by atoms with E-state index in [2.05, 4.69) is 0 Å². The summed E-state index contributed by atoms with van der Waals surface area (Å²) in [6.45, 7) is 3.00. The summed E-state index contributed by atoms with van der Waals surface area (Å²) in [5, 5.41) is 0. The number of ether oxygens (including phenoxy) is 1. The average Bonchev–Trinajstić information content (AvgIpc) is 1.80. The molecule has 52 valence electrons. The fourth-order valence-electron chi connectivity index (χ4n) is 0.350. The lowest BCUT2D eigenvalue weighted by Crippen LogP contribution is -2.05. The molecule has 3 nitrogen and oxygen atoms in total. The van der Waals surface area contributed by atoms with E-state index in [0.717, 1.165) is 0 Å². The number of hydrogen-bond donors (Lipinski definition) is 1. The van der Waals surface area contributed by atoms with Crippen molar-refractivity contribution in [2.75, 3.05) is 13.2 Å². The minimum absolute atomic E-state index is 0.435. The summed E-state index contributed by atoms with van der Waals surface area (Å²) in [5.74, 6) is -0.435. The van der Waals surface area contributed by atoms with Gasteiger partial charge in [-0.15, -0.1) is 0 Å². The van der Waals surface area contributed by atoms with Crippen LogP contribution in [0.2, 0.25) is 0 Å². The lowest BCUT2D eigenvalue weighted by atomic mass is 10.5. The Morgan fingerprint density at radius 1 is 1.78 bits per heavy atom. The first-order valence-corrected chi connectivity index (χ1v) is 2.81. The number of carbonyl (C=O) groups is 1. The molecule has 0 bridgehead atoms. The smallest absolute Gasteiger partial charge is 0.241 e. The number of nitrogens with two attached hydrogens (primary N) is 1. The highest BCUT2D eigenvalue weighted by Crippen LogP contribution is 1.75. The first-order chi connectivity index (χ1) is 4.27. The summed E-state index contributed by atoms with van der Waals surface area (Å²) in [6.07, 6.45) is 2.88. The molecule has 0 aromatic rings. The molecule has 0 aromatic heterocycles. The third-order valence-electron chi connectivity index (χ3n) is 0.700. The van der Waals surface area contributed by atoms with E-state index >= 15 is 0 Å². The van der Waals surface area contributed by atoms with Gasteiger partial charge in [-0.05, 0) is 6.92 Å². The van der Waals surface area contributed by atoms with Gasteiger partial charge >= 0.3 is 0 Å². The van der Waals surface area contributed by atoms with Crippen molar-refractivity contribution >= 4 is 5.91 Å². The normalized spacial score (nSPS) is 10.3. The maximum atomic E-state index is 10.0. The first-order valence-electron chi connectivity index (χ1n) is 2.81. The zero-order chi connectivity index (χ0) is 7.11. The van der Waals surface area contributed by atoms with E-state index in [-0.39, 0.29) is 0 Å². The highest BCUT2D eigenvalue weighted by Gasteiger charge is 1.80. The Morgan fingerprint density at radius 3 is 2.89 bits per heavy atom. The number of primary amides is 1. The second-order valence-corrected chi connectivity index (χ2v) is 1.46. The SMILES string of the molecule is CCOCC=CC(N)=O. The molecule has 0 heterocycles. The standard InChI is InChI=1S/C6H11NO2/c1-2-9-5-3-4-6(7)8/h3-4H,2,5H2,1H3,(H2,7,8). The largest absolute Gasteiger partial charge is 0.378 e. The fourth-order valence-corrected chi connectivity index (χ4v) is 0.350. The van der Waals surface area contributed by atoms with Crippen LogP contribution >= 0.6 is 0 Å². The Kier molecular flexibility index (Phi) is 4.82. The maximum absolute atomic E-state index is 10.0. The molecule has 9 heavy (non-hydrogen) atoms. The van der Waals surface area contributed by atoms with Crippen molar-refractivity contribution in [3.05, 3.63) is 12.2 Å². The van der Waals surface area contributed by atoms with Crippen LogP contribution in [0.25, 0.3) is 0 Å². The van der Waals surface area contributed by atoms with Crippen LogP contribution in [0.3, 0.4) is 0 Å². The first kappa shape index (κ1) is 8.17. The Labute approximate surface area is 54.5 Å². The van der Waals surface area contributed by atoms with Crippen LogP contribution in [0.5, 0.6) is 0 Å². The van der Waals surface area contributed by atoms with Gasteiger partial charge in [0.25, 0.3) is 0 Å².